The van der Waals surface area contributed by atoms with Crippen molar-refractivity contribution in [2.45, 2.75) is 26.3 Å². The van der Waals surface area contributed by atoms with Crippen molar-refractivity contribution in [3.8, 4) is 5.88 Å². The smallest absolute Gasteiger partial charge is 0.241 e. The number of hydrogen-bond donors (Lipinski definition) is 2. The molecule has 94 valence electrons. The highest BCUT2D eigenvalue weighted by atomic mass is 16.5. The van der Waals surface area contributed by atoms with Crippen molar-refractivity contribution >= 4 is 11.6 Å². The van der Waals surface area contributed by atoms with Crippen molar-refractivity contribution in [3.63, 3.8) is 0 Å². The first-order valence-electron chi connectivity index (χ1n) is 5.65. The Balaban J connectivity index is 2.61. The van der Waals surface area contributed by atoms with Gasteiger partial charge in [-0.2, -0.15) is 0 Å². The molecule has 1 aromatic heterocycles. The lowest BCUT2D eigenvalue weighted by atomic mass is 9.99. The number of ether oxygens (including phenoxy) is 1. The van der Waals surface area contributed by atoms with Crippen LogP contribution in [-0.4, -0.2) is 24.0 Å². The highest BCUT2D eigenvalue weighted by Crippen LogP contribution is 2.12. The van der Waals surface area contributed by atoms with E-state index in [2.05, 4.69) is 10.3 Å². The minimum absolute atomic E-state index is 0.154. The van der Waals surface area contributed by atoms with Gasteiger partial charge in [-0.3, -0.25) is 4.79 Å². The maximum atomic E-state index is 11.8. The van der Waals surface area contributed by atoms with Gasteiger partial charge in [0.2, 0.25) is 11.8 Å². The fourth-order valence-corrected chi connectivity index (χ4v) is 1.31. The van der Waals surface area contributed by atoms with E-state index in [1.54, 1.807) is 25.4 Å². The third kappa shape index (κ3) is 3.71. The molecule has 0 bridgehead atoms. The summed E-state index contributed by atoms with van der Waals surface area (Å²) in [6.45, 7) is 3.96. The van der Waals surface area contributed by atoms with Crippen molar-refractivity contribution in [3.05, 3.63) is 18.3 Å². The minimum atomic E-state index is -0.498. The minimum Gasteiger partial charge on any atom is -0.481 e. The Kier molecular flexibility index (Phi) is 4.90. The van der Waals surface area contributed by atoms with Crippen LogP contribution in [0.4, 0.5) is 5.69 Å². The zero-order chi connectivity index (χ0) is 12.8. The molecule has 0 aliphatic rings. The first kappa shape index (κ1) is 13.4. The number of methoxy groups -OCH3 is 1. The molecule has 0 radical (unpaired) electrons. The summed E-state index contributed by atoms with van der Waals surface area (Å²) in [5.74, 6) is 0.474. The Labute approximate surface area is 101 Å². The van der Waals surface area contributed by atoms with Crippen molar-refractivity contribution in [2.75, 3.05) is 12.4 Å². The largest absolute Gasteiger partial charge is 0.481 e. The molecule has 0 saturated heterocycles. The molecule has 0 aliphatic heterocycles. The van der Waals surface area contributed by atoms with Crippen LogP contribution in [0.2, 0.25) is 0 Å². The molecule has 3 N–H and O–H groups in total. The van der Waals surface area contributed by atoms with Gasteiger partial charge in [-0.25, -0.2) is 4.98 Å². The number of hydrogen-bond acceptors (Lipinski definition) is 4. The van der Waals surface area contributed by atoms with E-state index in [1.165, 1.54) is 0 Å². The third-order valence-corrected chi connectivity index (χ3v) is 2.77. The Morgan fingerprint density at radius 2 is 2.29 bits per heavy atom. The molecule has 17 heavy (non-hydrogen) atoms. The molecule has 5 heteroatoms. The Morgan fingerprint density at radius 1 is 1.59 bits per heavy atom. The number of rotatable bonds is 5. The maximum Gasteiger partial charge on any atom is 0.241 e. The lowest BCUT2D eigenvalue weighted by Gasteiger charge is -2.17. The zero-order valence-electron chi connectivity index (χ0n) is 10.4. The van der Waals surface area contributed by atoms with Gasteiger partial charge >= 0.3 is 0 Å². The number of nitrogens with one attached hydrogen (secondary N) is 1. The van der Waals surface area contributed by atoms with Crippen LogP contribution in [0.5, 0.6) is 5.88 Å². The van der Waals surface area contributed by atoms with E-state index in [0.29, 0.717) is 11.6 Å². The number of nitrogens with zero attached hydrogens (tertiary/aromatic N) is 1. The number of anilines is 1. The molecule has 1 rings (SSSR count). The summed E-state index contributed by atoms with van der Waals surface area (Å²) in [6, 6.07) is 2.92. The van der Waals surface area contributed by atoms with E-state index in [9.17, 15) is 4.79 Å². The highest BCUT2D eigenvalue weighted by molar-refractivity contribution is 5.94. The average Bonchev–Trinajstić information content (AvgIpc) is 2.37. The molecule has 2 atom stereocenters. The monoisotopic (exact) mass is 237 g/mol. The molecule has 5 nitrogen and oxygen atoms in total. The van der Waals surface area contributed by atoms with Gasteiger partial charge in [0.25, 0.3) is 0 Å². The van der Waals surface area contributed by atoms with E-state index in [0.717, 1.165) is 6.42 Å². The maximum absolute atomic E-state index is 11.8. The summed E-state index contributed by atoms with van der Waals surface area (Å²) in [5, 5.41) is 2.73. The molecule has 0 spiro atoms. The van der Waals surface area contributed by atoms with Crippen LogP contribution in [0.15, 0.2) is 18.3 Å². The van der Waals surface area contributed by atoms with Gasteiger partial charge in [-0.1, -0.05) is 20.3 Å². The van der Waals surface area contributed by atoms with Gasteiger partial charge in [0.05, 0.1) is 25.0 Å². The lowest BCUT2D eigenvalue weighted by Crippen LogP contribution is -2.40. The van der Waals surface area contributed by atoms with E-state index in [4.69, 9.17) is 10.5 Å². The summed E-state index contributed by atoms with van der Waals surface area (Å²) in [4.78, 5) is 15.8. The van der Waals surface area contributed by atoms with E-state index in [-0.39, 0.29) is 11.8 Å². The molecular weight excluding hydrogens is 218 g/mol. The molecule has 0 saturated carbocycles. The predicted octanol–water partition coefficient (Wildman–Crippen LogP) is 1.40. The second-order valence-electron chi connectivity index (χ2n) is 3.99. The van der Waals surface area contributed by atoms with Crippen molar-refractivity contribution in [1.82, 2.24) is 4.98 Å². The van der Waals surface area contributed by atoms with Crippen LogP contribution in [0.3, 0.4) is 0 Å². The van der Waals surface area contributed by atoms with Crippen LogP contribution >= 0.6 is 0 Å². The molecule has 2 unspecified atom stereocenters. The quantitative estimate of drug-likeness (QED) is 0.811. The molecular formula is C12H19N3O2. The van der Waals surface area contributed by atoms with E-state index >= 15 is 0 Å². The van der Waals surface area contributed by atoms with E-state index in [1.807, 2.05) is 13.8 Å². The second kappa shape index (κ2) is 6.20. The molecule has 0 fully saturated rings. The number of aromatic nitrogens is 1. The Morgan fingerprint density at radius 3 is 2.76 bits per heavy atom. The SMILES string of the molecule is CCC(C)C(N)C(=O)Nc1ccc(OC)nc1. The van der Waals surface area contributed by atoms with Crippen LogP contribution in [-0.2, 0) is 4.79 Å². The molecule has 1 aromatic rings. The fraction of sp³-hybridized carbons (Fsp3) is 0.500. The van der Waals surface area contributed by atoms with Crippen LogP contribution in [0.25, 0.3) is 0 Å². The highest BCUT2D eigenvalue weighted by Gasteiger charge is 2.19. The zero-order valence-corrected chi connectivity index (χ0v) is 10.4. The van der Waals surface area contributed by atoms with E-state index < -0.39 is 6.04 Å². The van der Waals surface area contributed by atoms with Crippen LogP contribution in [0.1, 0.15) is 20.3 Å². The number of amides is 1. The topological polar surface area (TPSA) is 77.2 Å². The fourth-order valence-electron chi connectivity index (χ4n) is 1.31. The number of carbonyl (C=O) groups excluding carboxylic acids is 1. The lowest BCUT2D eigenvalue weighted by molar-refractivity contribution is -0.118. The Bertz CT molecular complexity index is 365. The number of nitrogens with two attached hydrogens (primary N) is 1. The normalized spacial score (nSPS) is 13.9. The molecule has 1 heterocycles. The van der Waals surface area contributed by atoms with Gasteiger partial charge in [0.1, 0.15) is 0 Å². The molecule has 1 amide bonds. The summed E-state index contributed by atoms with van der Waals surface area (Å²) in [5.41, 5.74) is 6.44. The van der Waals surface area contributed by atoms with Crippen molar-refractivity contribution in [1.29, 1.82) is 0 Å². The van der Waals surface area contributed by atoms with Gasteiger partial charge in [0, 0.05) is 6.07 Å². The third-order valence-electron chi connectivity index (χ3n) is 2.77. The van der Waals surface area contributed by atoms with Crippen molar-refractivity contribution < 1.29 is 9.53 Å². The number of pyridine rings is 1. The number of carbonyl (C=O) groups is 1. The van der Waals surface area contributed by atoms with Gasteiger partial charge in [-0.15, -0.1) is 0 Å². The Hall–Kier alpha value is -1.62. The standard InChI is InChI=1S/C12H19N3O2/c1-4-8(2)11(13)12(16)15-9-5-6-10(17-3)14-7-9/h5-8,11H,4,13H2,1-3H3,(H,15,16). The molecule has 0 aliphatic carbocycles. The summed E-state index contributed by atoms with van der Waals surface area (Å²) in [7, 11) is 1.54. The van der Waals surface area contributed by atoms with Gasteiger partial charge in [-0.05, 0) is 12.0 Å². The summed E-state index contributed by atoms with van der Waals surface area (Å²) in [6.07, 6.45) is 2.41. The summed E-state index contributed by atoms with van der Waals surface area (Å²) < 4.78 is 4.93. The molecule has 0 aromatic carbocycles. The van der Waals surface area contributed by atoms with Gasteiger partial charge < -0.3 is 15.8 Å². The van der Waals surface area contributed by atoms with Crippen LogP contribution in [0, 0.1) is 5.92 Å². The predicted molar refractivity (Wildman–Crippen MR) is 66.8 cm³/mol. The van der Waals surface area contributed by atoms with Crippen molar-refractivity contribution in [2.24, 2.45) is 11.7 Å². The van der Waals surface area contributed by atoms with Crippen LogP contribution < -0.4 is 15.8 Å². The first-order valence-corrected chi connectivity index (χ1v) is 5.65. The average molecular weight is 237 g/mol. The first-order chi connectivity index (χ1) is 8.08. The van der Waals surface area contributed by atoms with Gasteiger partial charge in [0.15, 0.2) is 0 Å². The second-order valence-corrected chi connectivity index (χ2v) is 3.99. The summed E-state index contributed by atoms with van der Waals surface area (Å²) >= 11 is 0.